The second-order valence-corrected chi connectivity index (χ2v) is 7.45. The third-order valence-corrected chi connectivity index (χ3v) is 5.15. The Labute approximate surface area is 166 Å². The Morgan fingerprint density at radius 2 is 1.43 bits per heavy atom. The highest BCUT2D eigenvalue weighted by atomic mass is 19.4. The fourth-order valence-electron chi connectivity index (χ4n) is 3.51. The molecule has 0 aliphatic carbocycles. The van der Waals surface area contributed by atoms with Gasteiger partial charge < -0.3 is 5.11 Å². The summed E-state index contributed by atoms with van der Waals surface area (Å²) >= 11 is 0. The molecule has 154 valence electrons. The molecule has 0 saturated heterocycles. The number of rotatable bonds is 11. The third-order valence-electron chi connectivity index (χ3n) is 5.15. The zero-order valence-electron chi connectivity index (χ0n) is 16.6. The molecule has 0 bridgehead atoms. The fraction of sp³-hybridized carbons (Fsp3) is 0.500. The lowest BCUT2D eigenvalue weighted by atomic mass is 9.94. The number of halogens is 3. The van der Waals surface area contributed by atoms with Crippen molar-refractivity contribution in [1.29, 1.82) is 0 Å². The van der Waals surface area contributed by atoms with Gasteiger partial charge in [0, 0.05) is 0 Å². The highest BCUT2D eigenvalue weighted by molar-refractivity contribution is 5.68. The minimum atomic E-state index is -4.46. The van der Waals surface area contributed by atoms with Crippen LogP contribution in [0.15, 0.2) is 48.5 Å². The van der Waals surface area contributed by atoms with E-state index in [2.05, 4.69) is 6.92 Å². The molecule has 1 atom stereocenters. The average Bonchev–Trinajstić information content (AvgIpc) is 2.69. The molecule has 2 rings (SSSR count). The van der Waals surface area contributed by atoms with E-state index in [0.717, 1.165) is 25.3 Å². The molecule has 2 aromatic carbocycles. The van der Waals surface area contributed by atoms with Crippen LogP contribution in [0.25, 0.3) is 11.1 Å². The first kappa shape index (κ1) is 22.5. The Bertz CT molecular complexity index is 695. The number of unbranched alkanes of at least 4 members (excludes halogenated alkanes) is 7. The summed E-state index contributed by atoms with van der Waals surface area (Å²) in [6.45, 7) is 2.19. The van der Waals surface area contributed by atoms with E-state index in [1.807, 2.05) is 0 Å². The smallest absolute Gasteiger partial charge is 0.388 e. The van der Waals surface area contributed by atoms with Crippen molar-refractivity contribution >= 4 is 0 Å². The van der Waals surface area contributed by atoms with E-state index in [1.54, 1.807) is 36.4 Å². The van der Waals surface area contributed by atoms with Gasteiger partial charge in [-0.25, -0.2) is 0 Å². The molecule has 0 aromatic heterocycles. The van der Waals surface area contributed by atoms with Crippen molar-refractivity contribution in [3.63, 3.8) is 0 Å². The third kappa shape index (κ3) is 6.97. The minimum absolute atomic E-state index is 0.149. The predicted molar refractivity (Wildman–Crippen MR) is 109 cm³/mol. The summed E-state index contributed by atoms with van der Waals surface area (Å²) in [7, 11) is 0. The zero-order valence-corrected chi connectivity index (χ0v) is 16.6. The second kappa shape index (κ2) is 11.3. The maximum atomic E-state index is 13.6. The van der Waals surface area contributed by atoms with Crippen molar-refractivity contribution in [2.24, 2.45) is 0 Å². The van der Waals surface area contributed by atoms with Crippen LogP contribution in [0.3, 0.4) is 0 Å². The number of hydrogen-bond donors (Lipinski definition) is 1. The Kier molecular flexibility index (Phi) is 9.04. The highest BCUT2D eigenvalue weighted by Crippen LogP contribution is 2.39. The van der Waals surface area contributed by atoms with Crippen molar-refractivity contribution < 1.29 is 18.3 Å². The molecule has 0 radical (unpaired) electrons. The van der Waals surface area contributed by atoms with Crippen molar-refractivity contribution in [3.8, 4) is 11.1 Å². The van der Waals surface area contributed by atoms with Gasteiger partial charge in [-0.2, -0.15) is 13.2 Å². The summed E-state index contributed by atoms with van der Waals surface area (Å²) in [6.07, 6.45) is 4.36. The molecule has 1 N–H and O–H groups in total. The van der Waals surface area contributed by atoms with Crippen LogP contribution >= 0.6 is 0 Å². The molecule has 0 fully saturated rings. The van der Waals surface area contributed by atoms with Crippen LogP contribution in [0.5, 0.6) is 0 Å². The van der Waals surface area contributed by atoms with Gasteiger partial charge in [0.1, 0.15) is 0 Å². The van der Waals surface area contributed by atoms with Crippen LogP contribution in [0, 0.1) is 0 Å². The van der Waals surface area contributed by atoms with Crippen LogP contribution in [0.2, 0.25) is 0 Å². The van der Waals surface area contributed by atoms with Crippen LogP contribution in [0.4, 0.5) is 13.2 Å². The van der Waals surface area contributed by atoms with Crippen molar-refractivity contribution in [3.05, 3.63) is 59.7 Å². The monoisotopic (exact) mass is 392 g/mol. The number of aliphatic hydroxyl groups excluding tert-OH is 1. The number of aliphatic hydroxyl groups is 1. The van der Waals surface area contributed by atoms with Crippen molar-refractivity contribution in [2.75, 3.05) is 0 Å². The largest absolute Gasteiger partial charge is 0.417 e. The first-order chi connectivity index (χ1) is 13.4. The fourth-order valence-corrected chi connectivity index (χ4v) is 3.51. The van der Waals surface area contributed by atoms with Gasteiger partial charge in [0.15, 0.2) is 0 Å². The molecule has 0 spiro atoms. The summed E-state index contributed by atoms with van der Waals surface area (Å²) in [5, 5.41) is 10.4. The minimum Gasteiger partial charge on any atom is -0.388 e. The molecule has 1 unspecified atom stereocenters. The molecule has 0 aliphatic heterocycles. The second-order valence-electron chi connectivity index (χ2n) is 7.45. The molecule has 4 heteroatoms. The summed E-state index contributed by atoms with van der Waals surface area (Å²) in [4.78, 5) is 0. The SMILES string of the molecule is CCCCCCCCCCC(O)c1ccc(-c2ccccc2)c(C(F)(F)F)c1. The number of benzene rings is 2. The normalized spacial score (nSPS) is 12.9. The standard InChI is InChI=1S/C24H31F3O/c1-2-3-4-5-6-7-8-12-15-23(28)20-16-17-21(19-13-10-9-11-14-19)22(18-20)24(25,26)27/h9-11,13-14,16-18,23,28H,2-8,12,15H2,1H3. The maximum Gasteiger partial charge on any atom is 0.417 e. The molecule has 0 aliphatic rings. The van der Waals surface area contributed by atoms with Gasteiger partial charge in [-0.3, -0.25) is 0 Å². The molecule has 28 heavy (non-hydrogen) atoms. The first-order valence-corrected chi connectivity index (χ1v) is 10.4. The summed E-state index contributed by atoms with van der Waals surface area (Å²) < 4.78 is 40.7. The number of alkyl halides is 3. The van der Waals surface area contributed by atoms with Gasteiger partial charge in [0.05, 0.1) is 11.7 Å². The van der Waals surface area contributed by atoms with Gasteiger partial charge in [-0.1, -0.05) is 101 Å². The highest BCUT2D eigenvalue weighted by Gasteiger charge is 2.34. The molecule has 0 saturated carbocycles. The van der Waals surface area contributed by atoms with E-state index >= 15 is 0 Å². The lowest BCUT2D eigenvalue weighted by molar-refractivity contribution is -0.137. The topological polar surface area (TPSA) is 20.2 Å². The Morgan fingerprint density at radius 3 is 2.04 bits per heavy atom. The first-order valence-electron chi connectivity index (χ1n) is 10.4. The van der Waals surface area contributed by atoms with E-state index in [9.17, 15) is 18.3 Å². The lowest BCUT2D eigenvalue weighted by Gasteiger charge is -2.17. The van der Waals surface area contributed by atoms with Gasteiger partial charge in [-0.15, -0.1) is 0 Å². The zero-order chi connectivity index (χ0) is 20.4. The van der Waals surface area contributed by atoms with Gasteiger partial charge >= 0.3 is 6.18 Å². The molecule has 1 nitrogen and oxygen atoms in total. The number of hydrogen-bond acceptors (Lipinski definition) is 1. The summed E-state index contributed by atoms with van der Waals surface area (Å²) in [6, 6.07) is 12.8. The van der Waals surface area contributed by atoms with Crippen LogP contribution in [0.1, 0.15) is 81.9 Å². The van der Waals surface area contributed by atoms with Crippen molar-refractivity contribution in [2.45, 2.75) is 77.0 Å². The lowest BCUT2D eigenvalue weighted by Crippen LogP contribution is -2.09. The van der Waals surface area contributed by atoms with E-state index in [1.165, 1.54) is 38.2 Å². The van der Waals surface area contributed by atoms with E-state index < -0.39 is 17.8 Å². The summed E-state index contributed by atoms with van der Waals surface area (Å²) in [5.41, 5.74) is 0.330. The molecule has 0 amide bonds. The van der Waals surface area contributed by atoms with Crippen LogP contribution in [-0.4, -0.2) is 5.11 Å². The Balaban J connectivity index is 1.96. The Morgan fingerprint density at radius 1 is 0.821 bits per heavy atom. The van der Waals surface area contributed by atoms with Gasteiger partial charge in [0.25, 0.3) is 0 Å². The quantitative estimate of drug-likeness (QED) is 0.385. The van der Waals surface area contributed by atoms with Gasteiger partial charge in [-0.05, 0) is 29.2 Å². The van der Waals surface area contributed by atoms with E-state index in [-0.39, 0.29) is 5.56 Å². The molecular weight excluding hydrogens is 361 g/mol. The predicted octanol–water partition coefficient (Wildman–Crippen LogP) is 7.94. The van der Waals surface area contributed by atoms with Gasteiger partial charge in [0.2, 0.25) is 0 Å². The van der Waals surface area contributed by atoms with Crippen molar-refractivity contribution in [1.82, 2.24) is 0 Å². The average molecular weight is 393 g/mol. The van der Waals surface area contributed by atoms with E-state index in [0.29, 0.717) is 17.5 Å². The van der Waals surface area contributed by atoms with Crippen LogP contribution < -0.4 is 0 Å². The Hall–Kier alpha value is -1.81. The molecule has 0 heterocycles. The molecular formula is C24H31F3O. The van der Waals surface area contributed by atoms with E-state index in [4.69, 9.17) is 0 Å². The summed E-state index contributed by atoms with van der Waals surface area (Å²) in [5.74, 6) is 0. The maximum absolute atomic E-state index is 13.6. The van der Waals surface area contributed by atoms with Crippen LogP contribution in [-0.2, 0) is 6.18 Å². The molecule has 2 aromatic rings.